The maximum absolute atomic E-state index is 12.4. The number of rotatable bonds is 5. The Morgan fingerprint density at radius 3 is 2.92 bits per heavy atom. The SMILES string of the molecule is O=C(CN1C(=O)CCSc2ccccc21)NCCC1=CCCCC1. The van der Waals surface area contributed by atoms with Crippen molar-refractivity contribution in [3.63, 3.8) is 0 Å². The number of nitrogens with zero attached hydrogens (tertiary/aromatic N) is 1. The summed E-state index contributed by atoms with van der Waals surface area (Å²) in [6.45, 7) is 0.762. The summed E-state index contributed by atoms with van der Waals surface area (Å²) < 4.78 is 0. The van der Waals surface area contributed by atoms with E-state index in [1.807, 2.05) is 24.3 Å². The van der Waals surface area contributed by atoms with Crippen LogP contribution in [-0.4, -0.2) is 30.7 Å². The van der Waals surface area contributed by atoms with E-state index in [4.69, 9.17) is 0 Å². The lowest BCUT2D eigenvalue weighted by molar-refractivity contribution is -0.123. The molecule has 0 saturated heterocycles. The second kappa shape index (κ2) is 8.38. The van der Waals surface area contributed by atoms with E-state index in [0.717, 1.165) is 29.2 Å². The van der Waals surface area contributed by atoms with Crippen LogP contribution in [0, 0.1) is 0 Å². The van der Waals surface area contributed by atoms with Crippen molar-refractivity contribution in [1.29, 1.82) is 0 Å². The van der Waals surface area contributed by atoms with Gasteiger partial charge in [-0.3, -0.25) is 9.59 Å². The third-order valence-electron chi connectivity index (χ3n) is 4.49. The first-order chi connectivity index (χ1) is 11.7. The van der Waals surface area contributed by atoms with Gasteiger partial charge in [0.15, 0.2) is 0 Å². The summed E-state index contributed by atoms with van der Waals surface area (Å²) in [5.41, 5.74) is 2.31. The lowest BCUT2D eigenvalue weighted by Gasteiger charge is -2.22. The van der Waals surface area contributed by atoms with Gasteiger partial charge in [-0.05, 0) is 44.2 Å². The highest BCUT2D eigenvalue weighted by Gasteiger charge is 2.24. The van der Waals surface area contributed by atoms with Crippen molar-refractivity contribution in [2.45, 2.75) is 43.4 Å². The smallest absolute Gasteiger partial charge is 0.240 e. The van der Waals surface area contributed by atoms with Crippen LogP contribution in [0.25, 0.3) is 0 Å². The Bertz CT molecular complexity index is 642. The van der Waals surface area contributed by atoms with Gasteiger partial charge in [0.2, 0.25) is 11.8 Å². The maximum atomic E-state index is 12.4. The molecule has 0 aromatic heterocycles. The molecular weight excluding hydrogens is 320 g/mol. The zero-order valence-corrected chi connectivity index (χ0v) is 14.7. The molecule has 4 nitrogen and oxygen atoms in total. The number of hydrogen-bond donors (Lipinski definition) is 1. The maximum Gasteiger partial charge on any atom is 0.240 e. The topological polar surface area (TPSA) is 49.4 Å². The Balaban J connectivity index is 1.56. The van der Waals surface area contributed by atoms with Crippen molar-refractivity contribution in [3.05, 3.63) is 35.9 Å². The first-order valence-electron chi connectivity index (χ1n) is 8.71. The molecule has 3 rings (SSSR count). The molecule has 1 aromatic rings. The fourth-order valence-electron chi connectivity index (χ4n) is 3.19. The van der Waals surface area contributed by atoms with Crippen molar-refractivity contribution < 1.29 is 9.59 Å². The van der Waals surface area contributed by atoms with Crippen molar-refractivity contribution >= 4 is 29.3 Å². The molecule has 0 bridgehead atoms. The summed E-state index contributed by atoms with van der Waals surface area (Å²) in [6, 6.07) is 7.82. The zero-order chi connectivity index (χ0) is 16.8. The van der Waals surface area contributed by atoms with Crippen LogP contribution in [0.1, 0.15) is 38.5 Å². The summed E-state index contributed by atoms with van der Waals surface area (Å²) >= 11 is 1.68. The molecule has 1 aliphatic carbocycles. The van der Waals surface area contributed by atoms with E-state index >= 15 is 0 Å². The first-order valence-corrected chi connectivity index (χ1v) is 9.69. The van der Waals surface area contributed by atoms with E-state index in [0.29, 0.717) is 13.0 Å². The molecule has 2 amide bonds. The minimum atomic E-state index is -0.0820. The van der Waals surface area contributed by atoms with Crippen LogP contribution in [-0.2, 0) is 9.59 Å². The molecule has 1 heterocycles. The van der Waals surface area contributed by atoms with E-state index in [-0.39, 0.29) is 18.4 Å². The molecule has 0 unspecified atom stereocenters. The van der Waals surface area contributed by atoms with Gasteiger partial charge in [0.1, 0.15) is 6.54 Å². The Hall–Kier alpha value is -1.75. The van der Waals surface area contributed by atoms with E-state index in [2.05, 4.69) is 11.4 Å². The van der Waals surface area contributed by atoms with Gasteiger partial charge in [-0.1, -0.05) is 23.8 Å². The molecule has 1 aromatic carbocycles. The predicted molar refractivity (Wildman–Crippen MR) is 98.3 cm³/mol. The molecule has 0 spiro atoms. The van der Waals surface area contributed by atoms with Crippen LogP contribution >= 0.6 is 11.8 Å². The molecule has 1 aliphatic heterocycles. The number of para-hydroxylation sites is 1. The third-order valence-corrected chi connectivity index (χ3v) is 5.55. The highest BCUT2D eigenvalue weighted by molar-refractivity contribution is 7.99. The number of benzene rings is 1. The Labute approximate surface area is 147 Å². The minimum absolute atomic E-state index is 0.0255. The third kappa shape index (κ3) is 4.41. The van der Waals surface area contributed by atoms with Gasteiger partial charge in [-0.2, -0.15) is 0 Å². The van der Waals surface area contributed by atoms with Gasteiger partial charge in [0.25, 0.3) is 0 Å². The van der Waals surface area contributed by atoms with Gasteiger partial charge in [0, 0.05) is 23.6 Å². The average Bonchev–Trinajstić information content (AvgIpc) is 2.75. The number of thioether (sulfide) groups is 1. The monoisotopic (exact) mass is 344 g/mol. The second-order valence-electron chi connectivity index (χ2n) is 6.25. The van der Waals surface area contributed by atoms with Crippen LogP contribution in [0.2, 0.25) is 0 Å². The van der Waals surface area contributed by atoms with Gasteiger partial charge >= 0.3 is 0 Å². The molecule has 5 heteroatoms. The largest absolute Gasteiger partial charge is 0.354 e. The number of fused-ring (bicyclic) bond motifs is 1. The predicted octanol–water partition coefficient (Wildman–Crippen LogP) is 3.52. The van der Waals surface area contributed by atoms with Crippen LogP contribution in [0.3, 0.4) is 0 Å². The Kier molecular flexibility index (Phi) is 5.96. The summed E-state index contributed by atoms with van der Waals surface area (Å²) in [6.07, 6.45) is 8.57. The number of anilines is 1. The van der Waals surface area contributed by atoms with E-state index in [9.17, 15) is 9.59 Å². The van der Waals surface area contributed by atoms with Crippen LogP contribution < -0.4 is 10.2 Å². The summed E-state index contributed by atoms with van der Waals surface area (Å²) in [5.74, 6) is 0.710. The highest BCUT2D eigenvalue weighted by atomic mass is 32.2. The summed E-state index contributed by atoms with van der Waals surface area (Å²) in [4.78, 5) is 27.3. The van der Waals surface area contributed by atoms with Crippen LogP contribution in [0.15, 0.2) is 40.8 Å². The first kappa shape index (κ1) is 17.1. The Morgan fingerprint density at radius 1 is 1.21 bits per heavy atom. The average molecular weight is 344 g/mol. The quantitative estimate of drug-likeness (QED) is 0.832. The molecule has 0 fully saturated rings. The van der Waals surface area contributed by atoms with E-state index in [1.54, 1.807) is 16.7 Å². The van der Waals surface area contributed by atoms with Gasteiger partial charge in [-0.15, -0.1) is 11.8 Å². The minimum Gasteiger partial charge on any atom is -0.354 e. The number of hydrogen-bond acceptors (Lipinski definition) is 3. The van der Waals surface area contributed by atoms with Crippen molar-refractivity contribution in [3.8, 4) is 0 Å². The fraction of sp³-hybridized carbons (Fsp3) is 0.474. The highest BCUT2D eigenvalue weighted by Crippen LogP contribution is 2.33. The molecule has 0 atom stereocenters. The van der Waals surface area contributed by atoms with E-state index < -0.39 is 0 Å². The lowest BCUT2D eigenvalue weighted by Crippen LogP contribution is -2.41. The molecule has 24 heavy (non-hydrogen) atoms. The van der Waals surface area contributed by atoms with Crippen LogP contribution in [0.5, 0.6) is 0 Å². The molecule has 128 valence electrons. The number of allylic oxidation sites excluding steroid dienone is 1. The molecule has 1 N–H and O–H groups in total. The lowest BCUT2D eigenvalue weighted by atomic mass is 9.97. The number of carbonyl (C=O) groups excluding carboxylic acids is 2. The summed E-state index contributed by atoms with van der Waals surface area (Å²) in [7, 11) is 0. The normalized spacial score (nSPS) is 17.8. The fourth-order valence-corrected chi connectivity index (χ4v) is 4.18. The van der Waals surface area contributed by atoms with Crippen molar-refractivity contribution in [2.75, 3.05) is 23.7 Å². The van der Waals surface area contributed by atoms with Gasteiger partial charge in [0.05, 0.1) is 5.69 Å². The number of carbonyl (C=O) groups is 2. The van der Waals surface area contributed by atoms with Gasteiger partial charge in [-0.25, -0.2) is 0 Å². The molecular formula is C19H24N2O2S. The molecule has 0 radical (unpaired) electrons. The van der Waals surface area contributed by atoms with E-state index in [1.165, 1.54) is 24.8 Å². The second-order valence-corrected chi connectivity index (χ2v) is 7.39. The van der Waals surface area contributed by atoms with Crippen LogP contribution in [0.4, 0.5) is 5.69 Å². The standard InChI is InChI=1S/C19H24N2O2S/c22-18(20-12-10-15-6-2-1-3-7-15)14-21-16-8-4-5-9-17(16)24-13-11-19(21)23/h4-6,8-9H,1-3,7,10-14H2,(H,20,22). The van der Waals surface area contributed by atoms with Gasteiger partial charge < -0.3 is 10.2 Å². The number of amides is 2. The Morgan fingerprint density at radius 2 is 2.08 bits per heavy atom. The summed E-state index contributed by atoms with van der Waals surface area (Å²) in [5, 5.41) is 2.97. The molecule has 2 aliphatic rings. The van der Waals surface area contributed by atoms with Crippen molar-refractivity contribution in [1.82, 2.24) is 5.32 Å². The zero-order valence-electron chi connectivity index (χ0n) is 13.9. The van der Waals surface area contributed by atoms with Crippen molar-refractivity contribution in [2.24, 2.45) is 0 Å². The number of nitrogens with one attached hydrogen (secondary N) is 1. The molecule has 0 saturated carbocycles.